The smallest absolute Gasteiger partial charge is 0.410 e. The zero-order valence-corrected chi connectivity index (χ0v) is 24.2. The van der Waals surface area contributed by atoms with Crippen molar-refractivity contribution in [2.45, 2.75) is 78.4 Å². The number of aldehydes is 1. The Morgan fingerprint density at radius 1 is 1.10 bits per heavy atom. The van der Waals surface area contributed by atoms with Gasteiger partial charge < -0.3 is 24.8 Å². The maximum absolute atomic E-state index is 13.2. The van der Waals surface area contributed by atoms with Gasteiger partial charge in [0.1, 0.15) is 5.60 Å². The average Bonchev–Trinajstić information content (AvgIpc) is 3.31. The Labute approximate surface area is 232 Å². The Kier molecular flexibility index (Phi) is 11.5. The molecule has 10 nitrogen and oxygen atoms in total. The van der Waals surface area contributed by atoms with Crippen LogP contribution in [-0.4, -0.2) is 85.8 Å². The van der Waals surface area contributed by atoms with E-state index in [0.717, 1.165) is 70.3 Å². The molecule has 2 heterocycles. The third kappa shape index (κ3) is 8.53. The standard InChI is InChI=1S/C27H41N3O4.C2H3NO2/c1-7-9-20(2)28(6)24(32)21-10-8-11-23(22(21)18-31)29-15-12-27(13-16-29)14-17-30(19-27)25(33)34-26(3,4)5;4-1-3-2-5/h8,10-11,18,20H,7,9,12-17,19H2,1-6H3;1-2H,(H,3,4,5). The molecule has 0 saturated carbocycles. The number of amides is 4. The topological polar surface area (TPSA) is 116 Å². The summed E-state index contributed by atoms with van der Waals surface area (Å²) < 4.78 is 5.56. The highest BCUT2D eigenvalue weighted by atomic mass is 16.6. The zero-order valence-electron chi connectivity index (χ0n) is 24.2. The van der Waals surface area contributed by atoms with Crippen LogP contribution in [0.2, 0.25) is 0 Å². The maximum Gasteiger partial charge on any atom is 0.410 e. The van der Waals surface area contributed by atoms with E-state index in [9.17, 15) is 14.4 Å². The fraction of sp³-hybridized carbons (Fsp3) is 0.621. The van der Waals surface area contributed by atoms with Crippen LogP contribution in [-0.2, 0) is 14.3 Å². The fourth-order valence-electron chi connectivity index (χ4n) is 5.22. The Hall–Kier alpha value is -3.43. The summed E-state index contributed by atoms with van der Waals surface area (Å²) in [4.78, 5) is 61.8. The Morgan fingerprint density at radius 2 is 1.72 bits per heavy atom. The molecule has 1 aromatic carbocycles. The summed E-state index contributed by atoms with van der Waals surface area (Å²) in [6, 6.07) is 5.69. The zero-order chi connectivity index (χ0) is 29.2. The van der Waals surface area contributed by atoms with E-state index in [0.29, 0.717) is 23.9 Å². The number of anilines is 1. The van der Waals surface area contributed by atoms with Crippen molar-refractivity contribution in [2.75, 3.05) is 38.1 Å². The third-order valence-corrected chi connectivity index (χ3v) is 7.51. The van der Waals surface area contributed by atoms with Gasteiger partial charge in [0.15, 0.2) is 6.29 Å². The van der Waals surface area contributed by atoms with Crippen molar-refractivity contribution >= 4 is 36.8 Å². The number of imide groups is 1. The molecule has 1 atom stereocenters. The van der Waals surface area contributed by atoms with E-state index in [1.165, 1.54) is 0 Å². The first-order valence-electron chi connectivity index (χ1n) is 13.6. The first-order valence-corrected chi connectivity index (χ1v) is 13.6. The van der Waals surface area contributed by atoms with Crippen molar-refractivity contribution < 1.29 is 28.7 Å². The monoisotopic (exact) mass is 544 g/mol. The van der Waals surface area contributed by atoms with Gasteiger partial charge in [-0.15, -0.1) is 0 Å². The van der Waals surface area contributed by atoms with Crippen LogP contribution >= 0.6 is 0 Å². The molecular weight excluding hydrogens is 500 g/mol. The predicted octanol–water partition coefficient (Wildman–Crippen LogP) is 3.88. The van der Waals surface area contributed by atoms with Crippen LogP contribution in [0.3, 0.4) is 0 Å². The van der Waals surface area contributed by atoms with Gasteiger partial charge in [-0.2, -0.15) is 0 Å². The molecule has 2 saturated heterocycles. The molecule has 1 spiro atoms. The fourth-order valence-corrected chi connectivity index (χ4v) is 5.22. The summed E-state index contributed by atoms with van der Waals surface area (Å²) in [5.74, 6) is -0.109. The van der Waals surface area contributed by atoms with E-state index in [4.69, 9.17) is 14.3 Å². The second kappa shape index (κ2) is 14.1. The molecule has 0 aliphatic carbocycles. The van der Waals surface area contributed by atoms with Crippen molar-refractivity contribution in [3.05, 3.63) is 29.3 Å². The van der Waals surface area contributed by atoms with Gasteiger partial charge in [-0.3, -0.25) is 19.2 Å². The average molecular weight is 545 g/mol. The molecule has 2 aliphatic heterocycles. The number of ether oxygens (including phenoxy) is 1. The van der Waals surface area contributed by atoms with Gasteiger partial charge in [0.25, 0.3) is 5.91 Å². The highest BCUT2D eigenvalue weighted by molar-refractivity contribution is 6.04. The molecule has 2 fully saturated rings. The van der Waals surface area contributed by atoms with Crippen molar-refractivity contribution in [2.24, 2.45) is 5.41 Å². The lowest BCUT2D eigenvalue weighted by molar-refractivity contribution is -0.117. The second-order valence-electron chi connectivity index (χ2n) is 11.5. The first-order chi connectivity index (χ1) is 18.4. The molecule has 1 aromatic rings. The summed E-state index contributed by atoms with van der Waals surface area (Å²) in [5.41, 5.74) is 1.37. The minimum atomic E-state index is -0.494. The van der Waals surface area contributed by atoms with E-state index < -0.39 is 5.60 Å². The summed E-state index contributed by atoms with van der Waals surface area (Å²) in [6.07, 6.45) is 5.99. The molecular formula is C29H44N4O6. The molecule has 1 N–H and O–H groups in total. The van der Waals surface area contributed by atoms with Gasteiger partial charge in [-0.05, 0) is 70.9 Å². The Bertz CT molecular complexity index is 1010. The van der Waals surface area contributed by atoms with Crippen LogP contribution in [0.15, 0.2) is 18.2 Å². The molecule has 3 rings (SSSR count). The molecule has 0 radical (unpaired) electrons. The lowest BCUT2D eigenvalue weighted by atomic mass is 9.77. The highest BCUT2D eigenvalue weighted by Gasteiger charge is 2.43. The predicted molar refractivity (Wildman–Crippen MR) is 150 cm³/mol. The third-order valence-electron chi connectivity index (χ3n) is 7.51. The molecule has 2 aliphatic rings. The van der Waals surface area contributed by atoms with Crippen molar-refractivity contribution in [1.82, 2.24) is 15.1 Å². The summed E-state index contributed by atoms with van der Waals surface area (Å²) in [5, 5.41) is 1.75. The van der Waals surface area contributed by atoms with E-state index in [1.54, 1.807) is 16.3 Å². The largest absolute Gasteiger partial charge is 0.444 e. The van der Waals surface area contributed by atoms with Crippen molar-refractivity contribution in [3.8, 4) is 0 Å². The molecule has 4 amide bonds. The van der Waals surface area contributed by atoms with Crippen LogP contribution in [0, 0.1) is 5.41 Å². The molecule has 39 heavy (non-hydrogen) atoms. The Balaban J connectivity index is 0.000000976. The van der Waals surface area contributed by atoms with Crippen LogP contribution in [0.1, 0.15) is 87.4 Å². The number of likely N-dealkylation sites (tertiary alicyclic amines) is 1. The first kappa shape index (κ1) is 31.8. The van der Waals surface area contributed by atoms with E-state index in [1.807, 2.05) is 51.8 Å². The number of rotatable bonds is 8. The summed E-state index contributed by atoms with van der Waals surface area (Å²) in [7, 11) is 1.81. The molecule has 0 aromatic heterocycles. The summed E-state index contributed by atoms with van der Waals surface area (Å²) >= 11 is 0. The van der Waals surface area contributed by atoms with Gasteiger partial charge in [-0.1, -0.05) is 19.4 Å². The van der Waals surface area contributed by atoms with Gasteiger partial charge >= 0.3 is 6.09 Å². The lowest BCUT2D eigenvalue weighted by Crippen LogP contribution is -2.43. The van der Waals surface area contributed by atoms with Crippen molar-refractivity contribution in [1.29, 1.82) is 0 Å². The van der Waals surface area contributed by atoms with Crippen LogP contribution in [0.25, 0.3) is 0 Å². The van der Waals surface area contributed by atoms with Gasteiger partial charge in [-0.25, -0.2) is 4.79 Å². The van der Waals surface area contributed by atoms with E-state index >= 15 is 0 Å². The molecule has 10 heteroatoms. The lowest BCUT2D eigenvalue weighted by Gasteiger charge is -2.41. The minimum absolute atomic E-state index is 0.0952. The number of hydrogen-bond acceptors (Lipinski definition) is 7. The van der Waals surface area contributed by atoms with E-state index in [2.05, 4.69) is 11.8 Å². The number of carbonyl (C=O) groups is 5. The summed E-state index contributed by atoms with van der Waals surface area (Å²) in [6.45, 7) is 12.8. The Morgan fingerprint density at radius 3 is 2.23 bits per heavy atom. The van der Waals surface area contributed by atoms with E-state index in [-0.39, 0.29) is 23.5 Å². The second-order valence-corrected chi connectivity index (χ2v) is 11.5. The van der Waals surface area contributed by atoms with Gasteiger partial charge in [0, 0.05) is 45.0 Å². The number of piperidine rings is 1. The normalized spacial score (nSPS) is 17.0. The molecule has 1 unspecified atom stereocenters. The molecule has 216 valence electrons. The highest BCUT2D eigenvalue weighted by Crippen LogP contribution is 2.42. The van der Waals surface area contributed by atoms with Crippen LogP contribution < -0.4 is 10.2 Å². The minimum Gasteiger partial charge on any atom is -0.444 e. The van der Waals surface area contributed by atoms with Gasteiger partial charge in [0.05, 0.1) is 11.1 Å². The SMILES string of the molecule is CCCC(C)N(C)C(=O)c1cccc(N2CCC3(CCN(C(=O)OC(C)(C)C)C3)CC2)c1C=O.O=CNC=O. The van der Waals surface area contributed by atoms with Crippen LogP contribution in [0.5, 0.6) is 0 Å². The number of carbonyl (C=O) groups excluding carboxylic acids is 5. The molecule has 0 bridgehead atoms. The number of benzene rings is 1. The quantitative estimate of drug-likeness (QED) is 0.494. The maximum atomic E-state index is 13.2. The number of hydrogen-bond donors (Lipinski definition) is 1. The number of nitrogens with one attached hydrogen (secondary N) is 1. The number of nitrogens with zero attached hydrogens (tertiary/aromatic N) is 3. The van der Waals surface area contributed by atoms with Crippen LogP contribution in [0.4, 0.5) is 10.5 Å². The van der Waals surface area contributed by atoms with Gasteiger partial charge in [0.2, 0.25) is 12.8 Å². The van der Waals surface area contributed by atoms with Crippen molar-refractivity contribution in [3.63, 3.8) is 0 Å².